The van der Waals surface area contributed by atoms with Crippen molar-refractivity contribution in [3.63, 3.8) is 0 Å². The number of terminal acetylenes is 1. The first-order chi connectivity index (χ1) is 8.28. The molecule has 0 saturated heterocycles. The molecule has 0 atom stereocenters. The minimum Gasteiger partial charge on any atom is -0.305 e. The van der Waals surface area contributed by atoms with Crippen molar-refractivity contribution in [1.29, 1.82) is 0 Å². The molecule has 3 heteroatoms. The van der Waals surface area contributed by atoms with Gasteiger partial charge in [0.05, 0.1) is 6.54 Å². The highest BCUT2D eigenvalue weighted by molar-refractivity contribution is 4.86. The summed E-state index contributed by atoms with van der Waals surface area (Å²) in [5.74, 6) is 2.60. The second-order valence-electron chi connectivity index (χ2n) is 4.20. The molecule has 0 aromatic heterocycles. The predicted molar refractivity (Wildman–Crippen MR) is 76.2 cm³/mol. The monoisotopic (exact) mass is 239 g/mol. The first-order valence-corrected chi connectivity index (χ1v) is 6.87. The Morgan fingerprint density at radius 3 is 2.06 bits per heavy atom. The number of rotatable bonds is 11. The molecule has 0 aromatic carbocycles. The van der Waals surface area contributed by atoms with Crippen LogP contribution >= 0.6 is 0 Å². The van der Waals surface area contributed by atoms with Crippen molar-refractivity contribution in [2.45, 2.75) is 27.2 Å². The summed E-state index contributed by atoms with van der Waals surface area (Å²) in [6, 6.07) is 0. The zero-order valence-electron chi connectivity index (χ0n) is 11.8. The van der Waals surface area contributed by atoms with Crippen molar-refractivity contribution in [3.8, 4) is 12.3 Å². The van der Waals surface area contributed by atoms with Crippen LogP contribution < -0.4 is 5.32 Å². The maximum absolute atomic E-state index is 5.19. The van der Waals surface area contributed by atoms with Crippen LogP contribution in [0.3, 0.4) is 0 Å². The number of likely N-dealkylation sites (N-methyl/N-ethyl adjacent to an activating group) is 1. The Hall–Kier alpha value is -0.560. The SMILES string of the molecule is C#CCNCCN(CC)CCCN(CC)CC. The van der Waals surface area contributed by atoms with E-state index in [2.05, 4.69) is 41.8 Å². The molecule has 0 amide bonds. The maximum Gasteiger partial charge on any atom is 0.0574 e. The fourth-order valence-electron chi connectivity index (χ4n) is 1.88. The van der Waals surface area contributed by atoms with E-state index in [1.54, 1.807) is 0 Å². The van der Waals surface area contributed by atoms with Gasteiger partial charge >= 0.3 is 0 Å². The van der Waals surface area contributed by atoms with Gasteiger partial charge in [0.1, 0.15) is 0 Å². The Labute approximate surface area is 108 Å². The molecule has 0 aliphatic carbocycles. The second-order valence-corrected chi connectivity index (χ2v) is 4.20. The highest BCUT2D eigenvalue weighted by Crippen LogP contribution is 1.94. The van der Waals surface area contributed by atoms with Crippen LogP contribution in [0.4, 0.5) is 0 Å². The van der Waals surface area contributed by atoms with Gasteiger partial charge in [-0.25, -0.2) is 0 Å². The van der Waals surface area contributed by atoms with Crippen molar-refractivity contribution < 1.29 is 0 Å². The minimum absolute atomic E-state index is 0.678. The summed E-state index contributed by atoms with van der Waals surface area (Å²) in [6.45, 7) is 15.3. The number of hydrogen-bond acceptors (Lipinski definition) is 3. The summed E-state index contributed by atoms with van der Waals surface area (Å²) >= 11 is 0. The molecule has 0 bridgehead atoms. The summed E-state index contributed by atoms with van der Waals surface area (Å²) in [7, 11) is 0. The van der Waals surface area contributed by atoms with Crippen LogP contribution in [0.15, 0.2) is 0 Å². The minimum atomic E-state index is 0.678. The highest BCUT2D eigenvalue weighted by Gasteiger charge is 2.03. The van der Waals surface area contributed by atoms with Crippen LogP contribution in [-0.4, -0.2) is 62.2 Å². The molecule has 0 unspecified atom stereocenters. The van der Waals surface area contributed by atoms with Crippen LogP contribution in [0.2, 0.25) is 0 Å². The molecule has 0 aromatic rings. The zero-order valence-corrected chi connectivity index (χ0v) is 11.8. The lowest BCUT2D eigenvalue weighted by atomic mass is 10.3. The van der Waals surface area contributed by atoms with Gasteiger partial charge in [-0.05, 0) is 39.1 Å². The Bertz CT molecular complexity index is 194. The lowest BCUT2D eigenvalue weighted by Crippen LogP contribution is -2.34. The average Bonchev–Trinajstić information content (AvgIpc) is 2.37. The Morgan fingerprint density at radius 1 is 0.941 bits per heavy atom. The molecule has 1 N–H and O–H groups in total. The third-order valence-electron chi connectivity index (χ3n) is 3.12. The first kappa shape index (κ1) is 16.4. The summed E-state index contributed by atoms with van der Waals surface area (Å²) < 4.78 is 0. The smallest absolute Gasteiger partial charge is 0.0574 e. The van der Waals surface area contributed by atoms with Gasteiger partial charge in [-0.1, -0.05) is 26.7 Å². The van der Waals surface area contributed by atoms with E-state index in [0.717, 1.165) is 32.7 Å². The van der Waals surface area contributed by atoms with Crippen LogP contribution in [0.5, 0.6) is 0 Å². The molecule has 0 radical (unpaired) electrons. The van der Waals surface area contributed by atoms with E-state index in [9.17, 15) is 0 Å². The second kappa shape index (κ2) is 11.9. The molecule has 0 heterocycles. The lowest BCUT2D eigenvalue weighted by Gasteiger charge is -2.23. The highest BCUT2D eigenvalue weighted by atomic mass is 15.1. The van der Waals surface area contributed by atoms with Crippen LogP contribution in [0, 0.1) is 12.3 Å². The molecule has 17 heavy (non-hydrogen) atoms. The van der Waals surface area contributed by atoms with E-state index in [-0.39, 0.29) is 0 Å². The molecule has 100 valence electrons. The lowest BCUT2D eigenvalue weighted by molar-refractivity contribution is 0.244. The van der Waals surface area contributed by atoms with Crippen LogP contribution in [0.1, 0.15) is 27.2 Å². The van der Waals surface area contributed by atoms with E-state index in [4.69, 9.17) is 6.42 Å². The third kappa shape index (κ3) is 9.17. The van der Waals surface area contributed by atoms with Crippen molar-refractivity contribution in [1.82, 2.24) is 15.1 Å². The van der Waals surface area contributed by atoms with Gasteiger partial charge in [-0.15, -0.1) is 6.42 Å². The molecule has 0 aliphatic rings. The van der Waals surface area contributed by atoms with E-state index in [1.165, 1.54) is 19.5 Å². The quantitative estimate of drug-likeness (QED) is 0.433. The van der Waals surface area contributed by atoms with Crippen molar-refractivity contribution in [2.24, 2.45) is 0 Å². The van der Waals surface area contributed by atoms with Crippen LogP contribution in [-0.2, 0) is 0 Å². The fraction of sp³-hybridized carbons (Fsp3) is 0.857. The van der Waals surface area contributed by atoms with E-state index in [0.29, 0.717) is 6.54 Å². The van der Waals surface area contributed by atoms with Crippen molar-refractivity contribution in [3.05, 3.63) is 0 Å². The standard InChI is InChI=1S/C14H29N3/c1-5-10-15-11-14-17(8-4)13-9-12-16(6-2)7-3/h1,15H,6-14H2,2-4H3. The van der Waals surface area contributed by atoms with Gasteiger partial charge in [0.15, 0.2) is 0 Å². The molecule has 0 rings (SSSR count). The summed E-state index contributed by atoms with van der Waals surface area (Å²) in [4.78, 5) is 4.96. The van der Waals surface area contributed by atoms with E-state index in [1.807, 2.05) is 0 Å². The molecular formula is C14H29N3. The summed E-state index contributed by atoms with van der Waals surface area (Å²) in [5.41, 5.74) is 0. The van der Waals surface area contributed by atoms with Gasteiger partial charge in [0.2, 0.25) is 0 Å². The van der Waals surface area contributed by atoms with Gasteiger partial charge in [-0.2, -0.15) is 0 Å². The van der Waals surface area contributed by atoms with Crippen LogP contribution in [0.25, 0.3) is 0 Å². The Kier molecular flexibility index (Phi) is 11.5. The molecule has 0 aliphatic heterocycles. The first-order valence-electron chi connectivity index (χ1n) is 6.87. The Balaban J connectivity index is 3.57. The number of hydrogen-bond donors (Lipinski definition) is 1. The molecule has 0 spiro atoms. The Morgan fingerprint density at radius 2 is 1.53 bits per heavy atom. The normalized spacial score (nSPS) is 11.1. The molecule has 0 saturated carbocycles. The van der Waals surface area contributed by atoms with Gasteiger partial charge in [-0.3, -0.25) is 0 Å². The topological polar surface area (TPSA) is 18.5 Å². The zero-order chi connectivity index (χ0) is 12.9. The van der Waals surface area contributed by atoms with Crippen molar-refractivity contribution >= 4 is 0 Å². The van der Waals surface area contributed by atoms with Crippen molar-refractivity contribution in [2.75, 3.05) is 52.4 Å². The molecular weight excluding hydrogens is 210 g/mol. The largest absolute Gasteiger partial charge is 0.305 e. The fourth-order valence-corrected chi connectivity index (χ4v) is 1.88. The number of nitrogens with zero attached hydrogens (tertiary/aromatic N) is 2. The third-order valence-corrected chi connectivity index (χ3v) is 3.12. The number of nitrogens with one attached hydrogen (secondary N) is 1. The van der Waals surface area contributed by atoms with E-state index >= 15 is 0 Å². The van der Waals surface area contributed by atoms with Gasteiger partial charge < -0.3 is 15.1 Å². The van der Waals surface area contributed by atoms with Gasteiger partial charge in [0.25, 0.3) is 0 Å². The average molecular weight is 239 g/mol. The summed E-state index contributed by atoms with van der Waals surface area (Å²) in [5, 5.41) is 3.23. The summed E-state index contributed by atoms with van der Waals surface area (Å²) in [6.07, 6.45) is 6.45. The molecule has 3 nitrogen and oxygen atoms in total. The maximum atomic E-state index is 5.19. The van der Waals surface area contributed by atoms with E-state index < -0.39 is 0 Å². The molecule has 0 fully saturated rings. The predicted octanol–water partition coefficient (Wildman–Crippen LogP) is 1.26. The van der Waals surface area contributed by atoms with Gasteiger partial charge in [0, 0.05) is 13.1 Å².